The molecule has 0 aromatic carbocycles. The number of ether oxygens (including phenoxy) is 2. The third kappa shape index (κ3) is 2.42. The zero-order valence-corrected chi connectivity index (χ0v) is 11.0. The highest BCUT2D eigenvalue weighted by atomic mass is 16.5. The molecule has 0 aliphatic heterocycles. The first-order valence-corrected chi connectivity index (χ1v) is 5.81. The van der Waals surface area contributed by atoms with Gasteiger partial charge in [-0.25, -0.2) is 9.78 Å². The molecule has 0 N–H and O–H groups in total. The van der Waals surface area contributed by atoms with Crippen molar-refractivity contribution in [2.75, 3.05) is 13.7 Å². The average Bonchev–Trinajstić information content (AvgIpc) is 2.80. The average molecular weight is 262 g/mol. The molecule has 0 saturated carbocycles. The second-order valence-electron chi connectivity index (χ2n) is 3.74. The van der Waals surface area contributed by atoms with Gasteiger partial charge in [0.2, 0.25) is 5.88 Å². The van der Waals surface area contributed by atoms with E-state index in [-0.39, 0.29) is 6.61 Å². The summed E-state index contributed by atoms with van der Waals surface area (Å²) >= 11 is 0. The number of aromatic nitrogens is 2. The lowest BCUT2D eigenvalue weighted by molar-refractivity contribution is 0.0525. The SMILES string of the molecule is CCOC(=O)c1c(-c2cccnc2OC)noc1C. The summed E-state index contributed by atoms with van der Waals surface area (Å²) < 4.78 is 15.2. The van der Waals surface area contributed by atoms with Crippen LogP contribution in [0.4, 0.5) is 0 Å². The van der Waals surface area contributed by atoms with Crippen molar-refractivity contribution >= 4 is 5.97 Å². The lowest BCUT2D eigenvalue weighted by Crippen LogP contribution is -2.07. The first-order valence-electron chi connectivity index (χ1n) is 5.81. The molecule has 6 nitrogen and oxygen atoms in total. The van der Waals surface area contributed by atoms with Crippen LogP contribution in [0.3, 0.4) is 0 Å². The molecule has 0 spiro atoms. The molecule has 0 amide bonds. The Kier molecular flexibility index (Phi) is 3.79. The van der Waals surface area contributed by atoms with E-state index in [1.807, 2.05) is 0 Å². The van der Waals surface area contributed by atoms with Gasteiger partial charge in [-0.15, -0.1) is 0 Å². The van der Waals surface area contributed by atoms with Crippen LogP contribution in [-0.2, 0) is 4.74 Å². The van der Waals surface area contributed by atoms with Crippen molar-refractivity contribution in [1.29, 1.82) is 0 Å². The fourth-order valence-corrected chi connectivity index (χ4v) is 1.73. The van der Waals surface area contributed by atoms with E-state index >= 15 is 0 Å². The molecule has 0 unspecified atom stereocenters. The van der Waals surface area contributed by atoms with E-state index in [1.54, 1.807) is 32.2 Å². The van der Waals surface area contributed by atoms with E-state index in [0.717, 1.165) is 0 Å². The molecule has 0 aliphatic rings. The molecular weight excluding hydrogens is 248 g/mol. The number of hydrogen-bond acceptors (Lipinski definition) is 6. The number of rotatable bonds is 4. The highest BCUT2D eigenvalue weighted by molar-refractivity contribution is 5.97. The predicted molar refractivity (Wildman–Crippen MR) is 67.0 cm³/mol. The summed E-state index contributed by atoms with van der Waals surface area (Å²) in [6.45, 7) is 3.68. The Balaban J connectivity index is 2.54. The van der Waals surface area contributed by atoms with Gasteiger partial charge in [0.25, 0.3) is 0 Å². The topological polar surface area (TPSA) is 74.5 Å². The number of esters is 1. The van der Waals surface area contributed by atoms with Gasteiger partial charge in [0, 0.05) is 6.20 Å². The molecule has 6 heteroatoms. The van der Waals surface area contributed by atoms with E-state index in [4.69, 9.17) is 14.0 Å². The molecule has 2 aromatic rings. The van der Waals surface area contributed by atoms with E-state index in [2.05, 4.69) is 10.1 Å². The molecule has 0 saturated heterocycles. The quantitative estimate of drug-likeness (QED) is 0.786. The minimum Gasteiger partial charge on any atom is -0.481 e. The van der Waals surface area contributed by atoms with E-state index in [9.17, 15) is 4.79 Å². The Bertz CT molecular complexity index is 592. The number of carbonyl (C=O) groups excluding carboxylic acids is 1. The molecule has 0 aliphatic carbocycles. The van der Waals surface area contributed by atoms with Crippen LogP contribution < -0.4 is 4.74 Å². The number of pyridine rings is 1. The van der Waals surface area contributed by atoms with Crippen LogP contribution in [0, 0.1) is 6.92 Å². The van der Waals surface area contributed by atoms with Gasteiger partial charge in [-0.3, -0.25) is 0 Å². The largest absolute Gasteiger partial charge is 0.481 e. The van der Waals surface area contributed by atoms with Gasteiger partial charge < -0.3 is 14.0 Å². The van der Waals surface area contributed by atoms with E-state index in [0.29, 0.717) is 28.5 Å². The van der Waals surface area contributed by atoms with Gasteiger partial charge in [-0.1, -0.05) is 5.16 Å². The van der Waals surface area contributed by atoms with Crippen LogP contribution in [0.5, 0.6) is 5.88 Å². The minimum atomic E-state index is -0.470. The lowest BCUT2D eigenvalue weighted by Gasteiger charge is -2.06. The van der Waals surface area contributed by atoms with Gasteiger partial charge >= 0.3 is 5.97 Å². The number of aryl methyl sites for hydroxylation is 1. The molecule has 19 heavy (non-hydrogen) atoms. The van der Waals surface area contributed by atoms with Crippen molar-refractivity contribution < 1.29 is 18.8 Å². The summed E-state index contributed by atoms with van der Waals surface area (Å²) in [5, 5.41) is 3.90. The van der Waals surface area contributed by atoms with Gasteiger partial charge in [0.05, 0.1) is 19.3 Å². The number of nitrogens with zero attached hydrogens (tertiary/aromatic N) is 2. The first kappa shape index (κ1) is 13.1. The monoisotopic (exact) mass is 262 g/mol. The summed E-state index contributed by atoms with van der Waals surface area (Å²) in [5.41, 5.74) is 1.26. The Morgan fingerprint density at radius 2 is 2.26 bits per heavy atom. The number of carbonyl (C=O) groups is 1. The van der Waals surface area contributed by atoms with Crippen LogP contribution in [0.25, 0.3) is 11.3 Å². The molecule has 0 atom stereocenters. The molecule has 2 aromatic heterocycles. The maximum atomic E-state index is 11.9. The van der Waals surface area contributed by atoms with Gasteiger partial charge in [0.15, 0.2) is 0 Å². The van der Waals surface area contributed by atoms with E-state index < -0.39 is 5.97 Å². The van der Waals surface area contributed by atoms with Crippen LogP contribution in [0.2, 0.25) is 0 Å². The highest BCUT2D eigenvalue weighted by Crippen LogP contribution is 2.31. The fourth-order valence-electron chi connectivity index (χ4n) is 1.73. The summed E-state index contributed by atoms with van der Waals surface area (Å²) in [5.74, 6) is 0.308. The van der Waals surface area contributed by atoms with Crippen LogP contribution >= 0.6 is 0 Å². The smallest absolute Gasteiger partial charge is 0.344 e. The van der Waals surface area contributed by atoms with E-state index in [1.165, 1.54) is 7.11 Å². The summed E-state index contributed by atoms with van der Waals surface area (Å²) in [4.78, 5) is 16.0. The lowest BCUT2D eigenvalue weighted by atomic mass is 10.1. The second kappa shape index (κ2) is 5.51. The Morgan fingerprint density at radius 1 is 1.47 bits per heavy atom. The van der Waals surface area contributed by atoms with Crippen molar-refractivity contribution in [2.24, 2.45) is 0 Å². The first-order chi connectivity index (χ1) is 9.19. The molecule has 100 valence electrons. The second-order valence-corrected chi connectivity index (χ2v) is 3.74. The molecule has 2 heterocycles. The normalized spacial score (nSPS) is 10.3. The molecule has 0 fully saturated rings. The van der Waals surface area contributed by atoms with Gasteiger partial charge in [0.1, 0.15) is 17.0 Å². The maximum Gasteiger partial charge on any atom is 0.344 e. The van der Waals surface area contributed by atoms with Gasteiger partial charge in [-0.05, 0) is 26.0 Å². The third-order valence-corrected chi connectivity index (χ3v) is 2.56. The third-order valence-electron chi connectivity index (χ3n) is 2.56. The zero-order valence-electron chi connectivity index (χ0n) is 11.0. The van der Waals surface area contributed by atoms with Crippen LogP contribution in [-0.4, -0.2) is 29.8 Å². The Labute approximate surface area is 110 Å². The van der Waals surface area contributed by atoms with Crippen LogP contribution in [0.1, 0.15) is 23.0 Å². The Morgan fingerprint density at radius 3 is 2.95 bits per heavy atom. The maximum absolute atomic E-state index is 11.9. The zero-order chi connectivity index (χ0) is 13.8. The predicted octanol–water partition coefficient (Wildman–Crippen LogP) is 2.23. The molecule has 0 radical (unpaired) electrons. The molecule has 0 bridgehead atoms. The van der Waals surface area contributed by atoms with Crippen molar-refractivity contribution in [3.8, 4) is 17.1 Å². The molecular formula is C13H14N2O4. The Hall–Kier alpha value is -2.37. The molecule has 2 rings (SSSR count). The van der Waals surface area contributed by atoms with Crippen LogP contribution in [0.15, 0.2) is 22.9 Å². The summed E-state index contributed by atoms with van der Waals surface area (Å²) in [6, 6.07) is 3.49. The minimum absolute atomic E-state index is 0.285. The summed E-state index contributed by atoms with van der Waals surface area (Å²) in [6.07, 6.45) is 1.60. The highest BCUT2D eigenvalue weighted by Gasteiger charge is 2.24. The van der Waals surface area contributed by atoms with Gasteiger partial charge in [-0.2, -0.15) is 0 Å². The fraction of sp³-hybridized carbons (Fsp3) is 0.308. The number of methoxy groups -OCH3 is 1. The van der Waals surface area contributed by atoms with Crippen molar-refractivity contribution in [3.05, 3.63) is 29.7 Å². The standard InChI is InChI=1S/C13H14N2O4/c1-4-18-13(16)10-8(2)19-15-11(10)9-6-5-7-14-12(9)17-3/h5-7H,4H2,1-3H3. The van der Waals surface area contributed by atoms with Crippen molar-refractivity contribution in [2.45, 2.75) is 13.8 Å². The van der Waals surface area contributed by atoms with Crippen molar-refractivity contribution in [1.82, 2.24) is 10.1 Å². The summed E-state index contributed by atoms with van der Waals surface area (Å²) in [7, 11) is 1.50. The number of hydrogen-bond donors (Lipinski definition) is 0. The van der Waals surface area contributed by atoms with Crippen molar-refractivity contribution in [3.63, 3.8) is 0 Å².